The molecule has 0 aromatic heterocycles. The van der Waals surface area contributed by atoms with Gasteiger partial charge in [0.25, 0.3) is 0 Å². The van der Waals surface area contributed by atoms with Crippen LogP contribution in [0, 0.1) is 0 Å². The number of ether oxygens (including phenoxy) is 3. The van der Waals surface area contributed by atoms with Crippen molar-refractivity contribution in [3.05, 3.63) is 54.1 Å². The summed E-state index contributed by atoms with van der Waals surface area (Å²) in [5, 5.41) is 0. The number of hydrogen-bond acceptors (Lipinski definition) is 4. The second kappa shape index (κ2) is 6.73. The molecule has 3 rings (SSSR count). The molecule has 0 spiro atoms. The molecule has 0 N–H and O–H groups in total. The first kappa shape index (κ1) is 15.4. The van der Waals surface area contributed by atoms with Crippen molar-refractivity contribution in [1.29, 1.82) is 0 Å². The van der Waals surface area contributed by atoms with Gasteiger partial charge in [0.05, 0.1) is 0 Å². The molecule has 0 saturated carbocycles. The van der Waals surface area contributed by atoms with Crippen LogP contribution in [0.4, 0.5) is 0 Å². The fraction of sp³-hybridized carbons (Fsp3) is 0.316. The van der Waals surface area contributed by atoms with Crippen molar-refractivity contribution < 1.29 is 19.0 Å². The molecule has 0 unspecified atom stereocenters. The van der Waals surface area contributed by atoms with Crippen molar-refractivity contribution in [2.75, 3.05) is 6.61 Å². The molecule has 1 aliphatic heterocycles. The van der Waals surface area contributed by atoms with E-state index >= 15 is 0 Å². The SMILES string of the molecule is CC[C@H](C)c1ccc(OC(=O)[C@H]2COc3ccccc3O2)cc1. The fourth-order valence-electron chi connectivity index (χ4n) is 2.42. The molecule has 2 aromatic rings. The molecule has 4 heteroatoms. The number of carbonyl (C=O) groups is 1. The third kappa shape index (κ3) is 3.47. The van der Waals surface area contributed by atoms with Gasteiger partial charge < -0.3 is 14.2 Å². The summed E-state index contributed by atoms with van der Waals surface area (Å²) in [7, 11) is 0. The summed E-state index contributed by atoms with van der Waals surface area (Å²) < 4.78 is 16.6. The van der Waals surface area contributed by atoms with Crippen molar-refractivity contribution >= 4 is 5.97 Å². The Kier molecular flexibility index (Phi) is 4.51. The van der Waals surface area contributed by atoms with E-state index in [4.69, 9.17) is 14.2 Å². The van der Waals surface area contributed by atoms with Crippen LogP contribution in [0.1, 0.15) is 31.7 Å². The highest BCUT2D eigenvalue weighted by Crippen LogP contribution is 2.31. The molecule has 120 valence electrons. The van der Waals surface area contributed by atoms with E-state index in [1.165, 1.54) is 5.56 Å². The highest BCUT2D eigenvalue weighted by atomic mass is 16.6. The Morgan fingerprint density at radius 1 is 1.17 bits per heavy atom. The fourth-order valence-corrected chi connectivity index (χ4v) is 2.42. The van der Waals surface area contributed by atoms with Crippen LogP contribution in [0.15, 0.2) is 48.5 Å². The molecule has 2 atom stereocenters. The maximum Gasteiger partial charge on any atom is 0.356 e. The Morgan fingerprint density at radius 3 is 2.57 bits per heavy atom. The minimum Gasteiger partial charge on any atom is -0.485 e. The van der Waals surface area contributed by atoms with Crippen molar-refractivity contribution in [2.45, 2.75) is 32.3 Å². The molecule has 23 heavy (non-hydrogen) atoms. The zero-order chi connectivity index (χ0) is 16.2. The number of esters is 1. The smallest absolute Gasteiger partial charge is 0.356 e. The number of rotatable bonds is 4. The summed E-state index contributed by atoms with van der Waals surface area (Å²) in [6, 6.07) is 14.9. The Balaban J connectivity index is 1.64. The van der Waals surface area contributed by atoms with Crippen LogP contribution in [0.25, 0.3) is 0 Å². The lowest BCUT2D eigenvalue weighted by Gasteiger charge is -2.24. The van der Waals surface area contributed by atoms with Crippen LogP contribution < -0.4 is 14.2 Å². The summed E-state index contributed by atoms with van der Waals surface area (Å²) in [6.45, 7) is 4.48. The first-order valence-electron chi connectivity index (χ1n) is 7.87. The number of benzene rings is 2. The number of hydrogen-bond donors (Lipinski definition) is 0. The topological polar surface area (TPSA) is 44.8 Å². The first-order valence-corrected chi connectivity index (χ1v) is 7.87. The second-order valence-corrected chi connectivity index (χ2v) is 5.66. The van der Waals surface area contributed by atoms with Gasteiger partial charge in [0.15, 0.2) is 11.5 Å². The van der Waals surface area contributed by atoms with Gasteiger partial charge in [0.1, 0.15) is 12.4 Å². The lowest BCUT2D eigenvalue weighted by Crippen LogP contribution is -2.39. The molecule has 0 amide bonds. The zero-order valence-corrected chi connectivity index (χ0v) is 13.3. The van der Waals surface area contributed by atoms with Gasteiger partial charge in [0, 0.05) is 0 Å². The molecular formula is C19H20O4. The number of carbonyl (C=O) groups excluding carboxylic acids is 1. The normalized spacial score (nSPS) is 17.4. The van der Waals surface area contributed by atoms with Gasteiger partial charge in [-0.05, 0) is 42.2 Å². The third-order valence-electron chi connectivity index (χ3n) is 4.05. The average Bonchev–Trinajstić information content (AvgIpc) is 2.61. The van der Waals surface area contributed by atoms with Crippen LogP contribution in [0.3, 0.4) is 0 Å². The second-order valence-electron chi connectivity index (χ2n) is 5.66. The molecule has 0 saturated heterocycles. The maximum absolute atomic E-state index is 12.2. The Morgan fingerprint density at radius 2 is 1.87 bits per heavy atom. The monoisotopic (exact) mass is 312 g/mol. The molecule has 1 heterocycles. The Labute approximate surface area is 136 Å². The van der Waals surface area contributed by atoms with E-state index in [-0.39, 0.29) is 6.61 Å². The molecule has 4 nitrogen and oxygen atoms in total. The van der Waals surface area contributed by atoms with Crippen molar-refractivity contribution in [1.82, 2.24) is 0 Å². The average molecular weight is 312 g/mol. The molecule has 1 aliphatic rings. The quantitative estimate of drug-likeness (QED) is 0.633. The standard InChI is InChI=1S/C19H20O4/c1-3-13(2)14-8-10-15(11-9-14)22-19(20)18-12-21-16-6-4-5-7-17(16)23-18/h4-11,13,18H,3,12H2,1-2H3/t13-,18+/m0/s1. The highest BCUT2D eigenvalue weighted by molar-refractivity contribution is 5.78. The van der Waals surface area contributed by atoms with Crippen molar-refractivity contribution in [3.8, 4) is 17.2 Å². The minimum atomic E-state index is -0.751. The number of para-hydroxylation sites is 2. The van der Waals surface area contributed by atoms with E-state index in [0.717, 1.165) is 6.42 Å². The molecule has 0 bridgehead atoms. The van der Waals surface area contributed by atoms with Gasteiger partial charge in [-0.3, -0.25) is 0 Å². The summed E-state index contributed by atoms with van der Waals surface area (Å²) >= 11 is 0. The summed E-state index contributed by atoms with van der Waals surface area (Å²) in [5.74, 6) is 1.77. The zero-order valence-electron chi connectivity index (χ0n) is 13.3. The molecular weight excluding hydrogens is 292 g/mol. The Bertz CT molecular complexity index is 678. The van der Waals surface area contributed by atoms with Crippen molar-refractivity contribution in [2.24, 2.45) is 0 Å². The van der Waals surface area contributed by atoms with Crippen LogP contribution in [-0.4, -0.2) is 18.7 Å². The minimum absolute atomic E-state index is 0.154. The van der Waals surface area contributed by atoms with Crippen LogP contribution in [0.2, 0.25) is 0 Å². The third-order valence-corrected chi connectivity index (χ3v) is 4.05. The predicted molar refractivity (Wildman–Crippen MR) is 87.1 cm³/mol. The summed E-state index contributed by atoms with van der Waals surface area (Å²) in [6.07, 6.45) is 0.324. The molecule has 0 fully saturated rings. The summed E-state index contributed by atoms with van der Waals surface area (Å²) in [4.78, 5) is 12.2. The van der Waals surface area contributed by atoms with E-state index in [2.05, 4.69) is 13.8 Å². The summed E-state index contributed by atoms with van der Waals surface area (Å²) in [5.41, 5.74) is 1.23. The molecule has 2 aromatic carbocycles. The van der Waals surface area contributed by atoms with Gasteiger partial charge >= 0.3 is 5.97 Å². The van der Waals surface area contributed by atoms with Crippen LogP contribution >= 0.6 is 0 Å². The van der Waals surface area contributed by atoms with Crippen LogP contribution in [0.5, 0.6) is 17.2 Å². The molecule has 0 radical (unpaired) electrons. The van der Waals surface area contributed by atoms with Gasteiger partial charge in [-0.25, -0.2) is 4.79 Å². The van der Waals surface area contributed by atoms with Gasteiger partial charge in [0.2, 0.25) is 6.10 Å². The van der Waals surface area contributed by atoms with Gasteiger partial charge in [-0.15, -0.1) is 0 Å². The first-order chi connectivity index (χ1) is 11.2. The largest absolute Gasteiger partial charge is 0.485 e. The lowest BCUT2D eigenvalue weighted by atomic mass is 9.99. The lowest BCUT2D eigenvalue weighted by molar-refractivity contribution is -0.144. The van der Waals surface area contributed by atoms with E-state index < -0.39 is 12.1 Å². The van der Waals surface area contributed by atoms with E-state index in [1.807, 2.05) is 42.5 Å². The number of fused-ring (bicyclic) bond motifs is 1. The molecule has 0 aliphatic carbocycles. The highest BCUT2D eigenvalue weighted by Gasteiger charge is 2.29. The predicted octanol–water partition coefficient (Wildman–Crippen LogP) is 3.95. The van der Waals surface area contributed by atoms with E-state index in [9.17, 15) is 4.79 Å². The van der Waals surface area contributed by atoms with E-state index in [1.54, 1.807) is 6.07 Å². The van der Waals surface area contributed by atoms with Gasteiger partial charge in [-0.1, -0.05) is 38.1 Å². The van der Waals surface area contributed by atoms with Crippen molar-refractivity contribution in [3.63, 3.8) is 0 Å². The maximum atomic E-state index is 12.2. The Hall–Kier alpha value is -2.49. The van der Waals surface area contributed by atoms with E-state index in [0.29, 0.717) is 23.2 Å². The van der Waals surface area contributed by atoms with Crippen LogP contribution in [-0.2, 0) is 4.79 Å². The van der Waals surface area contributed by atoms with Gasteiger partial charge in [-0.2, -0.15) is 0 Å².